The van der Waals surface area contributed by atoms with Gasteiger partial charge in [-0.05, 0) is 25.1 Å². The van der Waals surface area contributed by atoms with Crippen LogP contribution in [0.5, 0.6) is 5.75 Å². The molecule has 0 saturated heterocycles. The molecule has 27 heavy (non-hydrogen) atoms. The molecule has 134 valence electrons. The molecule has 0 unspecified atom stereocenters. The summed E-state index contributed by atoms with van der Waals surface area (Å²) < 4.78 is 19.0. The van der Waals surface area contributed by atoms with Crippen molar-refractivity contribution in [3.63, 3.8) is 0 Å². The van der Waals surface area contributed by atoms with Crippen LogP contribution in [0.3, 0.4) is 0 Å². The predicted molar refractivity (Wildman–Crippen MR) is 96.2 cm³/mol. The summed E-state index contributed by atoms with van der Waals surface area (Å²) in [5, 5.41) is 13.3. The number of hydrogen-bond acceptors (Lipinski definition) is 5. The maximum absolute atomic E-state index is 13.1. The molecule has 0 radical (unpaired) electrons. The number of ether oxygens (including phenoxy) is 1. The normalized spacial score (nSPS) is 10.3. The van der Waals surface area contributed by atoms with Gasteiger partial charge in [0.15, 0.2) is 0 Å². The van der Waals surface area contributed by atoms with Crippen molar-refractivity contribution in [1.82, 2.24) is 4.98 Å². The van der Waals surface area contributed by atoms with E-state index in [0.29, 0.717) is 27.8 Å². The number of benzene rings is 2. The molecular weight excluding hydrogens is 400 g/mol. The fourth-order valence-corrected chi connectivity index (χ4v) is 3.44. The summed E-state index contributed by atoms with van der Waals surface area (Å²) in [7, 11) is 0. The summed E-state index contributed by atoms with van der Waals surface area (Å²) in [5.74, 6) is -1.05. The number of carbonyl (C=O) groups is 1. The van der Waals surface area contributed by atoms with Crippen LogP contribution in [0.4, 0.5) is 4.39 Å². The van der Waals surface area contributed by atoms with Gasteiger partial charge in [-0.2, -0.15) is 0 Å². The summed E-state index contributed by atoms with van der Waals surface area (Å²) in [6.45, 7) is 2.15. The van der Waals surface area contributed by atoms with Crippen LogP contribution in [-0.2, 0) is 13.0 Å². The Hall–Kier alpha value is -1.44. The fourth-order valence-electron chi connectivity index (χ4n) is 2.43. The van der Waals surface area contributed by atoms with Crippen molar-refractivity contribution < 1.29 is 48.6 Å². The molecule has 8 heteroatoms. The predicted octanol–water partition coefficient (Wildman–Crippen LogP) is 0.781. The van der Waals surface area contributed by atoms with E-state index in [2.05, 4.69) is 4.98 Å². The van der Waals surface area contributed by atoms with Gasteiger partial charge in [-0.3, -0.25) is 0 Å². The number of carboxylic acid groups (broad SMARTS) is 1. The smallest absolute Gasteiger partial charge is 0.543 e. The van der Waals surface area contributed by atoms with E-state index in [1.54, 1.807) is 6.07 Å². The Bertz CT molecular complexity index is 964. The molecule has 1 aromatic heterocycles. The largest absolute Gasteiger partial charge is 1.00 e. The molecule has 0 aliphatic rings. The van der Waals surface area contributed by atoms with Crippen LogP contribution in [0.25, 0.3) is 0 Å². The van der Waals surface area contributed by atoms with Gasteiger partial charge >= 0.3 is 29.6 Å². The van der Waals surface area contributed by atoms with Crippen LogP contribution < -0.4 is 39.4 Å². The number of rotatable bonds is 6. The monoisotopic (exact) mass is 413 g/mol. The van der Waals surface area contributed by atoms with E-state index in [9.17, 15) is 14.3 Å². The standard InChI is InChI=1S/C19H15ClFNO3S.Na/c1-11-2-5-17(25-9-12-3-4-14(21)8-15(12)20)13(6-11)7-18-22-16(10-26-18)19(23)24;/h2-6,8,10H,7,9H2,1H3,(H,23,24);/q;+1/p-1. The molecule has 1 heterocycles. The second-order valence-corrected chi connectivity index (χ2v) is 7.08. The molecule has 0 amide bonds. The molecule has 0 atom stereocenters. The van der Waals surface area contributed by atoms with Crippen LogP contribution >= 0.6 is 22.9 Å². The molecule has 0 aliphatic heterocycles. The van der Waals surface area contributed by atoms with Crippen molar-refractivity contribution in [2.45, 2.75) is 20.0 Å². The first-order valence-electron chi connectivity index (χ1n) is 7.74. The third-order valence-electron chi connectivity index (χ3n) is 3.72. The number of aromatic carboxylic acids is 1. The minimum absolute atomic E-state index is 0. The number of aryl methyl sites for hydroxylation is 1. The van der Waals surface area contributed by atoms with Gasteiger partial charge < -0.3 is 14.6 Å². The molecule has 4 nitrogen and oxygen atoms in total. The maximum atomic E-state index is 13.1. The van der Waals surface area contributed by atoms with Gasteiger partial charge in [-0.15, -0.1) is 11.3 Å². The van der Waals surface area contributed by atoms with Crippen molar-refractivity contribution in [2.75, 3.05) is 0 Å². The van der Waals surface area contributed by atoms with Gasteiger partial charge in [0.25, 0.3) is 0 Å². The molecule has 2 aromatic carbocycles. The van der Waals surface area contributed by atoms with Crippen LogP contribution in [0.15, 0.2) is 41.8 Å². The first-order valence-corrected chi connectivity index (χ1v) is 9.00. The van der Waals surface area contributed by atoms with Gasteiger partial charge in [0.1, 0.15) is 18.2 Å². The summed E-state index contributed by atoms with van der Waals surface area (Å²) in [6, 6.07) is 9.88. The molecule has 3 rings (SSSR count). The van der Waals surface area contributed by atoms with Gasteiger partial charge in [0, 0.05) is 22.9 Å². The summed E-state index contributed by atoms with van der Waals surface area (Å²) in [4.78, 5) is 14.9. The minimum atomic E-state index is -1.29. The van der Waals surface area contributed by atoms with Crippen molar-refractivity contribution in [3.05, 3.63) is 80.0 Å². The van der Waals surface area contributed by atoms with Crippen LogP contribution in [-0.4, -0.2) is 11.0 Å². The van der Waals surface area contributed by atoms with E-state index >= 15 is 0 Å². The van der Waals surface area contributed by atoms with E-state index in [1.807, 2.05) is 25.1 Å². The Kier molecular flexibility index (Phi) is 7.82. The number of hydrogen-bond donors (Lipinski definition) is 0. The minimum Gasteiger partial charge on any atom is -0.543 e. The zero-order chi connectivity index (χ0) is 18.7. The van der Waals surface area contributed by atoms with Crippen molar-refractivity contribution in [3.8, 4) is 5.75 Å². The number of halogens is 2. The van der Waals surface area contributed by atoms with Gasteiger partial charge in [0.2, 0.25) is 0 Å². The van der Waals surface area contributed by atoms with Gasteiger partial charge in [-0.1, -0.05) is 35.4 Å². The third-order valence-corrected chi connectivity index (χ3v) is 4.92. The second-order valence-electron chi connectivity index (χ2n) is 5.73. The van der Waals surface area contributed by atoms with Gasteiger partial charge in [-0.25, -0.2) is 9.37 Å². The van der Waals surface area contributed by atoms with E-state index < -0.39 is 11.8 Å². The number of aromatic nitrogens is 1. The van der Waals surface area contributed by atoms with Gasteiger partial charge in [0.05, 0.1) is 21.7 Å². The first kappa shape index (κ1) is 21.9. The SMILES string of the molecule is Cc1ccc(OCc2ccc(F)cc2Cl)c(Cc2nc(C(=O)[O-])cs2)c1.[Na+]. The third kappa shape index (κ3) is 5.77. The molecule has 0 aliphatic carbocycles. The van der Waals surface area contributed by atoms with Crippen LogP contribution in [0, 0.1) is 12.7 Å². The molecule has 0 saturated carbocycles. The molecule has 0 N–H and O–H groups in total. The maximum Gasteiger partial charge on any atom is 1.00 e. The average molecular weight is 414 g/mol. The molecule has 0 fully saturated rings. The average Bonchev–Trinajstić information content (AvgIpc) is 3.04. The summed E-state index contributed by atoms with van der Waals surface area (Å²) in [5.41, 5.74) is 2.53. The Labute approximate surface area is 187 Å². The van der Waals surface area contributed by atoms with E-state index in [4.69, 9.17) is 16.3 Å². The van der Waals surface area contributed by atoms with Crippen LogP contribution in [0.2, 0.25) is 5.02 Å². The molecule has 3 aromatic rings. The Morgan fingerprint density at radius 1 is 1.26 bits per heavy atom. The zero-order valence-electron chi connectivity index (χ0n) is 14.8. The van der Waals surface area contributed by atoms with E-state index in [1.165, 1.54) is 28.8 Å². The van der Waals surface area contributed by atoms with E-state index in [-0.39, 0.29) is 41.9 Å². The Morgan fingerprint density at radius 2 is 2.04 bits per heavy atom. The van der Waals surface area contributed by atoms with Crippen LogP contribution in [0.1, 0.15) is 32.2 Å². The first-order chi connectivity index (χ1) is 12.4. The summed E-state index contributed by atoms with van der Waals surface area (Å²) >= 11 is 7.29. The fraction of sp³-hybridized carbons (Fsp3) is 0.158. The number of nitrogens with zero attached hydrogens (tertiary/aromatic N) is 1. The molecular formula is C19H14ClFNNaO3S. The Morgan fingerprint density at radius 3 is 2.70 bits per heavy atom. The second kappa shape index (κ2) is 9.66. The number of carboxylic acids is 1. The van der Waals surface area contributed by atoms with Crippen molar-refractivity contribution >= 4 is 28.9 Å². The quantitative estimate of drug-likeness (QED) is 0.560. The van der Waals surface area contributed by atoms with E-state index in [0.717, 1.165) is 11.1 Å². The number of thiazole rings is 1. The number of carbonyl (C=O) groups excluding carboxylic acids is 1. The Balaban J connectivity index is 0.00000261. The topological polar surface area (TPSA) is 62.2 Å². The zero-order valence-corrected chi connectivity index (χ0v) is 18.4. The van der Waals surface area contributed by atoms with Crippen molar-refractivity contribution in [2.24, 2.45) is 0 Å². The molecule has 0 spiro atoms. The van der Waals surface area contributed by atoms with Crippen molar-refractivity contribution in [1.29, 1.82) is 0 Å². The molecule has 0 bridgehead atoms. The summed E-state index contributed by atoms with van der Waals surface area (Å²) in [6.07, 6.45) is 0.437.